The molecule has 0 bridgehead atoms. The van der Waals surface area contributed by atoms with Crippen molar-refractivity contribution in [2.45, 2.75) is 99.0 Å². The number of nitrogens with one attached hydrogen (secondary N) is 1. The third-order valence-corrected chi connectivity index (χ3v) is 12.0. The number of carbonyl (C=O) groups is 2. The lowest BCUT2D eigenvalue weighted by molar-refractivity contribution is -0.158. The Labute approximate surface area is 205 Å². The van der Waals surface area contributed by atoms with Crippen LogP contribution >= 0.6 is 0 Å². The van der Waals surface area contributed by atoms with Gasteiger partial charge in [-0.05, 0) is 79.1 Å². The highest BCUT2D eigenvalue weighted by molar-refractivity contribution is 6.16. The van der Waals surface area contributed by atoms with E-state index in [0.29, 0.717) is 5.57 Å². The summed E-state index contributed by atoms with van der Waals surface area (Å²) in [5, 5.41) is 7.95. The Balaban J connectivity index is 1.69. The minimum atomic E-state index is -0.550. The third kappa shape index (κ3) is 2.78. The summed E-state index contributed by atoms with van der Waals surface area (Å²) in [7, 11) is 0. The van der Waals surface area contributed by atoms with Crippen LogP contribution in [0.25, 0.3) is 0 Å². The van der Waals surface area contributed by atoms with Gasteiger partial charge in [0.05, 0.1) is 0 Å². The normalized spacial score (nSPS) is 49.0. The smallest absolute Gasteiger partial charge is 0.169 e. The average molecular weight is 465 g/mol. The molecule has 0 spiro atoms. The molecule has 5 aliphatic carbocycles. The molecule has 0 radical (unpaired) electrons. The van der Waals surface area contributed by atoms with Gasteiger partial charge in [-0.15, -0.1) is 0 Å². The number of carbonyl (C=O) groups excluding carboxylic acids is 2. The summed E-state index contributed by atoms with van der Waals surface area (Å²) in [4.78, 5) is 27.4. The van der Waals surface area contributed by atoms with E-state index in [4.69, 9.17) is 11.1 Å². The Kier molecular flexibility index (Phi) is 4.84. The van der Waals surface area contributed by atoms with Gasteiger partial charge < -0.3 is 11.1 Å². The number of hydrogen-bond donors (Lipinski definition) is 2. The van der Waals surface area contributed by atoms with Crippen molar-refractivity contribution in [3.8, 4) is 0 Å². The van der Waals surface area contributed by atoms with Gasteiger partial charge >= 0.3 is 0 Å². The first-order chi connectivity index (χ1) is 15.6. The van der Waals surface area contributed by atoms with E-state index in [9.17, 15) is 9.59 Å². The van der Waals surface area contributed by atoms with E-state index in [-0.39, 0.29) is 51.1 Å². The van der Waals surface area contributed by atoms with Gasteiger partial charge in [0.25, 0.3) is 0 Å². The standard InChI is InChI=1S/C30H44N2O2/c1-25(2)10-12-30(32)13-11-29(7)23(19(30)16-25)20(33)14-22-27(5)15-18(17-31)24(34)26(3,4)21(27)8-9-28(22,29)6/h14-15,17,19,21,23,31H,8-13,16,32H2,1-7H3/t19?,21-,23?,27-,28+,29+,30-/m0/s1. The lowest BCUT2D eigenvalue weighted by Gasteiger charge is -2.69. The first-order valence-electron chi connectivity index (χ1n) is 13.4. The summed E-state index contributed by atoms with van der Waals surface area (Å²) in [6.45, 7) is 15.8. The van der Waals surface area contributed by atoms with E-state index < -0.39 is 10.8 Å². The van der Waals surface area contributed by atoms with Crippen LogP contribution in [-0.4, -0.2) is 23.3 Å². The summed E-state index contributed by atoms with van der Waals surface area (Å²) in [6, 6.07) is 0. The number of nitrogens with two attached hydrogens (primary N) is 1. The first kappa shape index (κ1) is 24.2. The summed E-state index contributed by atoms with van der Waals surface area (Å²) in [5.41, 5.74) is 7.57. The highest BCUT2D eigenvalue weighted by Crippen LogP contribution is 2.73. The van der Waals surface area contributed by atoms with Gasteiger partial charge in [0.15, 0.2) is 11.6 Å². The van der Waals surface area contributed by atoms with Crippen molar-refractivity contribution in [2.24, 2.45) is 50.6 Å². The largest absolute Gasteiger partial charge is 0.325 e. The zero-order valence-electron chi connectivity index (χ0n) is 22.3. The summed E-state index contributed by atoms with van der Waals surface area (Å²) < 4.78 is 0. The molecule has 0 saturated heterocycles. The molecule has 186 valence electrons. The molecule has 0 heterocycles. The van der Waals surface area contributed by atoms with Crippen molar-refractivity contribution < 1.29 is 9.59 Å². The SMILES string of the molecule is CC1(C)CC[C@]2(N)CC[C@]3(C)C(C(=O)C=C4[C@@]5(C)C=C(C=N)C(=O)C(C)(C)[C@@H]5CC[C@]43C)C2C1. The Morgan fingerprint density at radius 1 is 0.971 bits per heavy atom. The average Bonchev–Trinajstić information content (AvgIpc) is 2.74. The second kappa shape index (κ2) is 6.81. The quantitative estimate of drug-likeness (QED) is 0.464. The fraction of sp³-hybridized carbons (Fsp3) is 0.767. The Morgan fingerprint density at radius 3 is 2.26 bits per heavy atom. The number of allylic oxidation sites excluding steroid dienone is 4. The van der Waals surface area contributed by atoms with Gasteiger partial charge in [-0.1, -0.05) is 60.1 Å². The molecule has 0 amide bonds. The number of rotatable bonds is 1. The highest BCUT2D eigenvalue weighted by atomic mass is 16.1. The van der Waals surface area contributed by atoms with Crippen LogP contribution in [0.3, 0.4) is 0 Å². The number of Topliss-reactive ketones (excluding diaryl/α,β-unsaturated/α-hetero) is 1. The van der Waals surface area contributed by atoms with Crippen molar-refractivity contribution in [3.05, 3.63) is 23.3 Å². The topological polar surface area (TPSA) is 84.0 Å². The van der Waals surface area contributed by atoms with Crippen LogP contribution in [0.1, 0.15) is 93.4 Å². The van der Waals surface area contributed by atoms with Crippen molar-refractivity contribution >= 4 is 17.8 Å². The molecule has 7 atom stereocenters. The molecule has 3 fully saturated rings. The number of ketones is 2. The Bertz CT molecular complexity index is 1050. The van der Waals surface area contributed by atoms with Crippen molar-refractivity contribution in [3.63, 3.8) is 0 Å². The van der Waals surface area contributed by atoms with Crippen molar-refractivity contribution in [2.75, 3.05) is 0 Å². The molecular formula is C30H44N2O2. The predicted octanol–water partition coefficient (Wildman–Crippen LogP) is 6.04. The molecule has 34 heavy (non-hydrogen) atoms. The van der Waals surface area contributed by atoms with Crippen LogP contribution in [-0.2, 0) is 9.59 Å². The molecule has 5 rings (SSSR count). The van der Waals surface area contributed by atoms with E-state index in [1.54, 1.807) is 0 Å². The van der Waals surface area contributed by atoms with Gasteiger partial charge in [0.1, 0.15) is 0 Å². The van der Waals surface area contributed by atoms with E-state index in [2.05, 4.69) is 34.6 Å². The molecule has 0 aliphatic heterocycles. The second-order valence-electron chi connectivity index (χ2n) is 14.6. The summed E-state index contributed by atoms with van der Waals surface area (Å²) >= 11 is 0. The van der Waals surface area contributed by atoms with Crippen molar-refractivity contribution in [1.29, 1.82) is 5.41 Å². The van der Waals surface area contributed by atoms with Crippen LogP contribution in [0.5, 0.6) is 0 Å². The summed E-state index contributed by atoms with van der Waals surface area (Å²) in [6.07, 6.45) is 12.4. The van der Waals surface area contributed by atoms with Crippen LogP contribution in [0.2, 0.25) is 0 Å². The van der Waals surface area contributed by atoms with E-state index in [1.165, 1.54) is 11.8 Å². The molecule has 4 heteroatoms. The third-order valence-electron chi connectivity index (χ3n) is 12.0. The maximum Gasteiger partial charge on any atom is 0.169 e. The van der Waals surface area contributed by atoms with E-state index in [1.807, 2.05) is 26.0 Å². The molecule has 5 aliphatic rings. The van der Waals surface area contributed by atoms with Gasteiger partial charge in [0.2, 0.25) is 0 Å². The highest BCUT2D eigenvalue weighted by Gasteiger charge is 2.69. The molecule has 2 unspecified atom stereocenters. The molecule has 3 N–H and O–H groups in total. The number of hydrogen-bond acceptors (Lipinski definition) is 4. The minimum absolute atomic E-state index is 0.0378. The zero-order valence-corrected chi connectivity index (χ0v) is 22.3. The van der Waals surface area contributed by atoms with E-state index >= 15 is 0 Å². The van der Waals surface area contributed by atoms with Crippen LogP contribution in [0.4, 0.5) is 0 Å². The molecule has 4 nitrogen and oxygen atoms in total. The van der Waals surface area contributed by atoms with Crippen LogP contribution < -0.4 is 5.73 Å². The second-order valence-corrected chi connectivity index (χ2v) is 14.6. The summed E-state index contributed by atoms with van der Waals surface area (Å²) in [5.74, 6) is 0.641. The zero-order chi connectivity index (χ0) is 25.1. The van der Waals surface area contributed by atoms with E-state index in [0.717, 1.165) is 44.9 Å². The van der Waals surface area contributed by atoms with Crippen molar-refractivity contribution in [1.82, 2.24) is 0 Å². The molecule has 3 saturated carbocycles. The monoisotopic (exact) mass is 464 g/mol. The maximum absolute atomic E-state index is 14.2. The lowest BCUT2D eigenvalue weighted by atomic mass is 9.35. The first-order valence-corrected chi connectivity index (χ1v) is 13.4. The maximum atomic E-state index is 14.2. The fourth-order valence-electron chi connectivity index (χ4n) is 9.75. The molecule has 0 aromatic carbocycles. The van der Waals surface area contributed by atoms with Gasteiger partial charge in [0, 0.05) is 34.1 Å². The molecular weight excluding hydrogens is 420 g/mol. The lowest BCUT2D eigenvalue weighted by Crippen LogP contribution is -2.68. The Hall–Kier alpha value is -1.55. The molecule has 0 aromatic heterocycles. The Morgan fingerprint density at radius 2 is 1.62 bits per heavy atom. The van der Waals surface area contributed by atoms with Gasteiger partial charge in [-0.2, -0.15) is 0 Å². The predicted molar refractivity (Wildman–Crippen MR) is 137 cm³/mol. The number of fused-ring (bicyclic) bond motifs is 7. The van der Waals surface area contributed by atoms with Crippen LogP contribution in [0, 0.1) is 50.2 Å². The fourth-order valence-corrected chi connectivity index (χ4v) is 9.75. The van der Waals surface area contributed by atoms with Gasteiger partial charge in [-0.25, -0.2) is 0 Å². The molecule has 0 aromatic rings. The van der Waals surface area contributed by atoms with Gasteiger partial charge in [-0.3, -0.25) is 9.59 Å². The van der Waals surface area contributed by atoms with Crippen LogP contribution in [0.15, 0.2) is 23.3 Å². The minimum Gasteiger partial charge on any atom is -0.325 e.